The molecule has 0 saturated carbocycles. The highest BCUT2D eigenvalue weighted by Crippen LogP contribution is 2.39. The zero-order valence-electron chi connectivity index (χ0n) is 21.0. The lowest BCUT2D eigenvalue weighted by atomic mass is 10.0. The molecule has 0 bridgehead atoms. The number of aryl methyl sites for hydroxylation is 1. The fourth-order valence-corrected chi connectivity index (χ4v) is 4.74. The molecule has 1 aromatic carbocycles. The van der Waals surface area contributed by atoms with Crippen LogP contribution in [0.5, 0.6) is 5.75 Å². The normalized spacial score (nSPS) is 14.5. The number of rotatable bonds is 7. The van der Waals surface area contributed by atoms with Crippen molar-refractivity contribution in [3.05, 3.63) is 58.4 Å². The van der Waals surface area contributed by atoms with Gasteiger partial charge < -0.3 is 9.64 Å². The van der Waals surface area contributed by atoms with Crippen LogP contribution < -0.4 is 9.64 Å². The molecule has 13 heteroatoms. The van der Waals surface area contributed by atoms with Crippen molar-refractivity contribution in [2.24, 2.45) is 0 Å². The average molecular weight is 557 g/mol. The highest BCUT2D eigenvalue weighted by Gasteiger charge is 2.35. The number of nitrogens with one attached hydrogen (secondary N) is 1. The van der Waals surface area contributed by atoms with E-state index in [1.54, 1.807) is 13.1 Å². The molecule has 5 rings (SSSR count). The number of nitrogens with zero attached hydrogens (tertiary/aromatic N) is 7. The standard InChI is InChI=1S/C26H24ClF3N8O/c1-16-23(33-20(14-31)25-24(16)34-36-35-25)17-3-5-21(19(13-17)26(28,29)30)39-12-2-7-37-8-10-38(11-9-37)22-6-4-18(27)15-32-22/h3-6,13,15H,2,7-12H2,1H3,(H,34,35,36). The molecule has 1 aliphatic rings. The maximum atomic E-state index is 14.0. The second-order valence-electron chi connectivity index (χ2n) is 9.14. The highest BCUT2D eigenvalue weighted by atomic mass is 35.5. The van der Waals surface area contributed by atoms with Crippen molar-refractivity contribution in [2.45, 2.75) is 19.5 Å². The molecule has 0 aliphatic carbocycles. The van der Waals surface area contributed by atoms with Crippen molar-refractivity contribution < 1.29 is 17.9 Å². The SMILES string of the molecule is Cc1c(-c2ccc(OCCCN3CCN(c4ccc(Cl)cn4)CC3)c(C(F)(F)F)c2)nc(C#N)c2n[nH]nc12. The molecule has 0 atom stereocenters. The van der Waals surface area contributed by atoms with Gasteiger partial charge in [-0.2, -0.15) is 33.8 Å². The molecule has 1 N–H and O–H groups in total. The Kier molecular flexibility index (Phi) is 7.54. The van der Waals surface area contributed by atoms with Gasteiger partial charge in [-0.25, -0.2) is 9.97 Å². The molecular weight excluding hydrogens is 533 g/mol. The van der Waals surface area contributed by atoms with E-state index in [1.807, 2.05) is 18.2 Å². The van der Waals surface area contributed by atoms with Gasteiger partial charge in [0.05, 0.1) is 22.9 Å². The minimum atomic E-state index is -4.64. The van der Waals surface area contributed by atoms with Crippen LogP contribution in [0.3, 0.4) is 0 Å². The lowest BCUT2D eigenvalue weighted by molar-refractivity contribution is -0.138. The number of alkyl halides is 3. The molecule has 1 saturated heterocycles. The quantitative estimate of drug-likeness (QED) is 0.322. The van der Waals surface area contributed by atoms with Crippen molar-refractivity contribution >= 4 is 28.5 Å². The van der Waals surface area contributed by atoms with Crippen molar-refractivity contribution in [3.8, 4) is 23.1 Å². The van der Waals surface area contributed by atoms with Gasteiger partial charge >= 0.3 is 6.18 Å². The third-order valence-electron chi connectivity index (χ3n) is 6.65. The Morgan fingerprint density at radius 1 is 1.10 bits per heavy atom. The van der Waals surface area contributed by atoms with Gasteiger partial charge in [0, 0.05) is 50.0 Å². The van der Waals surface area contributed by atoms with Crippen LogP contribution in [-0.2, 0) is 6.18 Å². The van der Waals surface area contributed by atoms with E-state index in [9.17, 15) is 18.4 Å². The Morgan fingerprint density at radius 2 is 1.87 bits per heavy atom. The summed E-state index contributed by atoms with van der Waals surface area (Å²) >= 11 is 5.91. The fraction of sp³-hybridized carbons (Fsp3) is 0.346. The van der Waals surface area contributed by atoms with E-state index in [4.69, 9.17) is 16.3 Å². The van der Waals surface area contributed by atoms with Crippen molar-refractivity contribution in [1.29, 1.82) is 5.26 Å². The summed E-state index contributed by atoms with van der Waals surface area (Å²) in [5, 5.41) is 20.4. The third kappa shape index (κ3) is 5.74. The summed E-state index contributed by atoms with van der Waals surface area (Å²) in [6.07, 6.45) is -2.44. The predicted octanol–water partition coefficient (Wildman–Crippen LogP) is 4.86. The number of piperazine rings is 1. The zero-order valence-corrected chi connectivity index (χ0v) is 21.7. The first-order valence-electron chi connectivity index (χ1n) is 12.3. The molecule has 0 amide bonds. The highest BCUT2D eigenvalue weighted by molar-refractivity contribution is 6.30. The van der Waals surface area contributed by atoms with Crippen molar-refractivity contribution in [3.63, 3.8) is 0 Å². The van der Waals surface area contributed by atoms with E-state index < -0.39 is 11.7 Å². The van der Waals surface area contributed by atoms with Gasteiger partial charge in [0.1, 0.15) is 28.7 Å². The summed E-state index contributed by atoms with van der Waals surface area (Å²) in [7, 11) is 0. The number of pyridine rings is 2. The first kappa shape index (κ1) is 26.6. The minimum absolute atomic E-state index is 0.0153. The van der Waals surface area contributed by atoms with Gasteiger partial charge in [-0.15, -0.1) is 0 Å². The number of aromatic amines is 1. The van der Waals surface area contributed by atoms with Crippen molar-refractivity contribution in [2.75, 3.05) is 44.2 Å². The largest absolute Gasteiger partial charge is 0.493 e. The summed E-state index contributed by atoms with van der Waals surface area (Å²) in [6.45, 7) is 5.77. The molecule has 1 aliphatic heterocycles. The zero-order chi connectivity index (χ0) is 27.6. The number of hydrogen-bond donors (Lipinski definition) is 1. The number of anilines is 1. The van der Waals surface area contributed by atoms with Crippen LogP contribution in [0.15, 0.2) is 36.5 Å². The monoisotopic (exact) mass is 556 g/mol. The van der Waals surface area contributed by atoms with E-state index >= 15 is 0 Å². The molecule has 0 radical (unpaired) electrons. The molecule has 0 unspecified atom stereocenters. The molecule has 0 spiro atoms. The van der Waals surface area contributed by atoms with Crippen LogP contribution >= 0.6 is 11.6 Å². The Balaban J connectivity index is 1.23. The van der Waals surface area contributed by atoms with Gasteiger partial charge in [-0.3, -0.25) is 4.90 Å². The number of H-pyrrole nitrogens is 1. The Morgan fingerprint density at radius 3 is 2.56 bits per heavy atom. The van der Waals surface area contributed by atoms with Crippen LogP contribution in [0.1, 0.15) is 23.2 Å². The number of aromatic nitrogens is 5. The van der Waals surface area contributed by atoms with Gasteiger partial charge in [-0.05, 0) is 43.7 Å². The first-order valence-corrected chi connectivity index (χ1v) is 12.7. The van der Waals surface area contributed by atoms with Crippen LogP contribution in [0.25, 0.3) is 22.3 Å². The van der Waals surface area contributed by atoms with E-state index in [-0.39, 0.29) is 34.8 Å². The Labute approximate surface area is 227 Å². The lowest BCUT2D eigenvalue weighted by Crippen LogP contribution is -2.47. The topological polar surface area (TPSA) is 107 Å². The second-order valence-corrected chi connectivity index (χ2v) is 9.58. The summed E-state index contributed by atoms with van der Waals surface area (Å²) in [5.41, 5.74) is 0.710. The molecular formula is C26H24ClF3N8O. The maximum Gasteiger partial charge on any atom is 0.419 e. The average Bonchev–Trinajstić information content (AvgIpc) is 3.43. The van der Waals surface area contributed by atoms with Gasteiger partial charge in [0.15, 0.2) is 5.69 Å². The number of fused-ring (bicyclic) bond motifs is 1. The molecule has 4 heterocycles. The number of nitriles is 1. The fourth-order valence-electron chi connectivity index (χ4n) is 4.63. The lowest BCUT2D eigenvalue weighted by Gasteiger charge is -2.35. The molecule has 4 aromatic rings. The number of halogens is 4. The maximum absolute atomic E-state index is 14.0. The van der Waals surface area contributed by atoms with Crippen LogP contribution in [0.2, 0.25) is 5.02 Å². The summed E-state index contributed by atoms with van der Waals surface area (Å²) in [6, 6.07) is 9.45. The van der Waals surface area contributed by atoms with Gasteiger partial charge in [0.2, 0.25) is 0 Å². The Bertz CT molecular complexity index is 1510. The van der Waals surface area contributed by atoms with E-state index in [1.165, 1.54) is 12.1 Å². The number of benzene rings is 1. The summed E-state index contributed by atoms with van der Waals surface area (Å²) in [5.74, 6) is 0.631. The number of hydrogen-bond acceptors (Lipinski definition) is 8. The Hall–Kier alpha value is -3.95. The van der Waals surface area contributed by atoms with Crippen LogP contribution in [0.4, 0.5) is 19.0 Å². The second kappa shape index (κ2) is 11.0. The van der Waals surface area contributed by atoms with Gasteiger partial charge in [0.25, 0.3) is 0 Å². The van der Waals surface area contributed by atoms with Crippen molar-refractivity contribution in [1.82, 2.24) is 30.3 Å². The van der Waals surface area contributed by atoms with Crippen LogP contribution in [-0.4, -0.2) is 69.6 Å². The first-order chi connectivity index (χ1) is 18.7. The number of ether oxygens (including phenoxy) is 1. The molecule has 1 fully saturated rings. The van der Waals surface area contributed by atoms with E-state index in [0.29, 0.717) is 29.1 Å². The summed E-state index contributed by atoms with van der Waals surface area (Å²) < 4.78 is 47.6. The minimum Gasteiger partial charge on any atom is -0.493 e. The molecule has 202 valence electrons. The molecule has 3 aromatic heterocycles. The molecule has 9 nitrogen and oxygen atoms in total. The predicted molar refractivity (Wildman–Crippen MR) is 140 cm³/mol. The molecule has 39 heavy (non-hydrogen) atoms. The van der Waals surface area contributed by atoms with Gasteiger partial charge in [-0.1, -0.05) is 11.6 Å². The third-order valence-corrected chi connectivity index (χ3v) is 6.88. The van der Waals surface area contributed by atoms with Crippen LogP contribution in [0, 0.1) is 18.3 Å². The van der Waals surface area contributed by atoms with E-state index in [2.05, 4.69) is 35.2 Å². The van der Waals surface area contributed by atoms with E-state index in [0.717, 1.165) is 38.1 Å². The summed E-state index contributed by atoms with van der Waals surface area (Å²) in [4.78, 5) is 13.0. The smallest absolute Gasteiger partial charge is 0.419 e.